The Kier molecular flexibility index (Phi) is 72.5. The molecule has 0 aromatic carbocycles. The van der Waals surface area contributed by atoms with Gasteiger partial charge in [0.25, 0.3) is 0 Å². The first-order valence-electron chi connectivity index (χ1n) is 34.4. The van der Waals surface area contributed by atoms with Crippen molar-refractivity contribution in [1.29, 1.82) is 0 Å². The van der Waals surface area contributed by atoms with E-state index in [0.717, 1.165) is 28.3 Å². The number of ether oxygens (including phenoxy) is 15. The van der Waals surface area contributed by atoms with E-state index in [0.29, 0.717) is 0 Å². The van der Waals surface area contributed by atoms with Gasteiger partial charge in [-0.1, -0.05) is 21.6 Å². The maximum absolute atomic E-state index is 13.5. The van der Waals surface area contributed by atoms with Gasteiger partial charge in [0.1, 0.15) is 36.5 Å². The molecular weight excluding hydrogens is 1760 g/mol. The Hall–Kier alpha value is 0.780. The highest BCUT2D eigenvalue weighted by Gasteiger charge is 2.38. The van der Waals surface area contributed by atoms with Crippen LogP contribution in [-0.2, 0) is 175 Å². The summed E-state index contributed by atoms with van der Waals surface area (Å²) in [5, 5.41) is 21.9. The van der Waals surface area contributed by atoms with Crippen LogP contribution in [0.25, 0.3) is 0 Å². The van der Waals surface area contributed by atoms with Crippen LogP contribution in [0.2, 0.25) is 0 Å². The molecule has 52 nitrogen and oxygen atoms in total. The monoisotopic (exact) mass is 1880 g/mol. The second-order valence-electron chi connectivity index (χ2n) is 21.6. The fourth-order valence-corrected chi connectivity index (χ4v) is 14.8. The summed E-state index contributed by atoms with van der Waals surface area (Å²) in [5.74, 6) is -0.326. The highest BCUT2D eigenvalue weighted by Crippen LogP contribution is 2.52. The summed E-state index contributed by atoms with van der Waals surface area (Å²) in [6.45, 7) is -6.02. The summed E-state index contributed by atoms with van der Waals surface area (Å²) >= 11 is 0. The number of phosphoric acid groups is 7. The maximum atomic E-state index is 13.5. The van der Waals surface area contributed by atoms with Gasteiger partial charge in [-0.25, -0.2) is 32.0 Å². The first kappa shape index (κ1) is 115. The van der Waals surface area contributed by atoms with Gasteiger partial charge in [-0.05, 0) is 35.2 Å². The fraction of sp³-hybridized carbons (Fsp3) is 1.00. The predicted molar refractivity (Wildman–Crippen MR) is 398 cm³/mol. The average molecular weight is 1880 g/mol. The summed E-state index contributed by atoms with van der Waals surface area (Å²) in [6.07, 6.45) is -8.45. The van der Waals surface area contributed by atoms with Crippen molar-refractivity contribution in [3.05, 3.63) is 0 Å². The molecule has 0 rings (SSSR count). The molecule has 0 aliphatic carbocycles. The second-order valence-corrected chi connectivity index (χ2v) is 35.8. The minimum absolute atomic E-state index is 0.0179. The van der Waals surface area contributed by atoms with Crippen molar-refractivity contribution in [3.63, 3.8) is 0 Å². The molecule has 0 heterocycles. The molecule has 14 N–H and O–H groups in total. The van der Waals surface area contributed by atoms with Crippen molar-refractivity contribution in [2.75, 3.05) is 312 Å². The normalized spacial score (nSPS) is 17.9. The third kappa shape index (κ3) is 76.4. The molecular formula is C52H119N5O47P8S2. The first-order chi connectivity index (χ1) is 54.2. The van der Waals surface area contributed by atoms with Crippen molar-refractivity contribution in [3.8, 4) is 0 Å². The predicted octanol–water partition coefficient (Wildman–Crippen LogP) is 0.0186. The zero-order valence-corrected chi connectivity index (χ0v) is 73.1. The Morgan fingerprint density at radius 2 is 0.421 bits per heavy atom. The zero-order chi connectivity index (χ0) is 85.0. The lowest BCUT2D eigenvalue weighted by atomic mass is 10.4. The van der Waals surface area contributed by atoms with Gasteiger partial charge in [0.2, 0.25) is 0 Å². The van der Waals surface area contributed by atoms with Crippen LogP contribution < -0.4 is 26.6 Å². The quantitative estimate of drug-likeness (QED) is 0.0165. The number of rotatable bonds is 90. The Bertz CT molecular complexity index is 2700. The van der Waals surface area contributed by atoms with Gasteiger partial charge in [0.15, 0.2) is 0 Å². The van der Waals surface area contributed by atoms with E-state index in [1.807, 2.05) is 0 Å². The van der Waals surface area contributed by atoms with Crippen LogP contribution in [-0.4, -0.2) is 387 Å². The molecule has 0 radical (unpaired) electrons. The third-order valence-corrected chi connectivity index (χ3v) is 21.3. The number of hydrogen-bond donors (Lipinski definition) is 14. The number of aliphatic hydroxyl groups excluding tert-OH is 1. The van der Waals surface area contributed by atoms with Crippen LogP contribution >= 0.6 is 83.9 Å². The van der Waals surface area contributed by atoms with Crippen LogP contribution in [0.15, 0.2) is 0 Å². The molecule has 13 unspecified atom stereocenters. The Morgan fingerprint density at radius 3 is 0.632 bits per heavy atom. The standard InChI is InChI=1S/C52H119N5O47P8S2/c1-53-41-85-31-48(36-94-106(61,62)91-28-24-82-20-16-78-12-8-76-9-13-79-17-21-83-25-29-92-107(63,64)99-47-114-113-46-58)101-109(67,68)96-38-50(33-87-43-55-3)103-111(71,72)98-40-52(35-89-45-57-5)104-112(73,74)97-39-51(34-88-44-56-4)102-110(69,70)95-37-49(32-86-42-54-2)100-108(65,66)93-30-26-84-22-18-80-14-10-75-7-11-77-15-19-81-23-27-90-105(6,59)60/h48-58H,7-47H2,1-6H3,(H,59,60)(H,61,62)(H,63,64)(H,65,66)(H,67,68)(H,69,70)(H,71,72)(H,73,74). The second kappa shape index (κ2) is 72.0. The molecule has 686 valence electrons. The molecule has 0 saturated carbocycles. The van der Waals surface area contributed by atoms with Crippen molar-refractivity contribution in [2.24, 2.45) is 0 Å². The topological polar surface area (TPSA) is 656 Å². The van der Waals surface area contributed by atoms with Crippen LogP contribution in [0.5, 0.6) is 0 Å². The lowest BCUT2D eigenvalue weighted by Gasteiger charge is -2.26. The van der Waals surface area contributed by atoms with Gasteiger partial charge < -0.3 is 120 Å². The molecule has 0 bridgehead atoms. The Morgan fingerprint density at radius 1 is 0.237 bits per heavy atom. The Balaban J connectivity index is 5.36. The van der Waals surface area contributed by atoms with Crippen LogP contribution in [0.3, 0.4) is 0 Å². The smallest absolute Gasteiger partial charge is 0.385 e. The molecule has 0 saturated heterocycles. The SMILES string of the molecule is CNCOCC(COP(=O)(O)OCCOCCOCCOCCOCCOCCOP(=O)(O)OCSSCO)OP(=O)(O)OCC(COCNC)OP(=O)(O)OCC(COCNC)OP(=O)(O)OCC(COCNC)OP(=O)(O)OCC(COCNC)OP(=O)(O)OCCOCCOCCOCCOCCOCCOP(C)(=O)O. The van der Waals surface area contributed by atoms with Crippen molar-refractivity contribution in [1.82, 2.24) is 26.6 Å². The number of aliphatic hydroxyl groups is 1. The van der Waals surface area contributed by atoms with Gasteiger partial charge in [-0.3, -0.25) is 94.5 Å². The Labute approximate surface area is 670 Å². The van der Waals surface area contributed by atoms with Gasteiger partial charge >= 0.3 is 62.4 Å². The van der Waals surface area contributed by atoms with Crippen LogP contribution in [0, 0.1) is 0 Å². The van der Waals surface area contributed by atoms with Crippen molar-refractivity contribution >= 4 is 83.9 Å². The molecule has 0 aromatic rings. The third-order valence-electron chi connectivity index (χ3n) is 11.7. The lowest BCUT2D eigenvalue weighted by molar-refractivity contribution is -0.0384. The van der Waals surface area contributed by atoms with Crippen LogP contribution in [0.4, 0.5) is 0 Å². The number of hydrogen-bond acceptors (Lipinski definition) is 46. The van der Waals surface area contributed by atoms with E-state index in [4.69, 9.17) is 149 Å². The van der Waals surface area contributed by atoms with E-state index >= 15 is 0 Å². The van der Waals surface area contributed by atoms with Crippen LogP contribution in [0.1, 0.15) is 0 Å². The maximum Gasteiger partial charge on any atom is 0.473 e. The molecule has 114 heavy (non-hydrogen) atoms. The highest BCUT2D eigenvalue weighted by atomic mass is 33.1. The molecule has 0 aliphatic rings. The zero-order valence-electron chi connectivity index (χ0n) is 64.3. The first-order valence-corrected chi connectivity index (χ1v) is 49.4. The molecule has 0 spiro atoms. The summed E-state index contributed by atoms with van der Waals surface area (Å²) in [4.78, 5) is 82.8. The van der Waals surface area contributed by atoms with E-state index < -0.39 is 172 Å². The molecule has 0 aromatic heterocycles. The lowest BCUT2D eigenvalue weighted by Crippen LogP contribution is -2.31. The highest BCUT2D eigenvalue weighted by molar-refractivity contribution is 8.76. The largest absolute Gasteiger partial charge is 0.473 e. The molecule has 0 amide bonds. The van der Waals surface area contributed by atoms with Gasteiger partial charge in [0, 0.05) is 6.66 Å². The van der Waals surface area contributed by atoms with E-state index in [-0.39, 0.29) is 191 Å². The van der Waals surface area contributed by atoms with Crippen molar-refractivity contribution < 1.29 is 220 Å². The number of nitrogens with one attached hydrogen (secondary N) is 5. The summed E-state index contributed by atoms with van der Waals surface area (Å²) in [5.41, 5.74) is 0. The van der Waals surface area contributed by atoms with Gasteiger partial charge in [0.05, 0.1) is 264 Å². The minimum Gasteiger partial charge on any atom is -0.385 e. The molecule has 13 atom stereocenters. The van der Waals surface area contributed by atoms with E-state index in [1.54, 1.807) is 0 Å². The van der Waals surface area contributed by atoms with E-state index in [2.05, 4.69) is 26.6 Å². The molecule has 0 aliphatic heterocycles. The summed E-state index contributed by atoms with van der Waals surface area (Å²) in [7, 11) is -29.5. The van der Waals surface area contributed by atoms with E-state index in [1.165, 1.54) is 35.2 Å². The van der Waals surface area contributed by atoms with Gasteiger partial charge in [-0.2, -0.15) is 0 Å². The summed E-state index contributed by atoms with van der Waals surface area (Å²) in [6, 6.07) is 0. The minimum atomic E-state index is -5.39. The molecule has 62 heteroatoms. The van der Waals surface area contributed by atoms with Gasteiger partial charge in [-0.15, -0.1) is 0 Å². The number of phosphoric ester groups is 7. The molecule has 0 fully saturated rings. The van der Waals surface area contributed by atoms with Crippen molar-refractivity contribution in [2.45, 2.75) is 30.5 Å². The summed E-state index contributed by atoms with van der Waals surface area (Å²) < 4.78 is 257. The van der Waals surface area contributed by atoms with E-state index in [9.17, 15) is 70.8 Å². The fourth-order valence-electron chi connectivity index (χ4n) is 7.09. The average Bonchev–Trinajstić information content (AvgIpc) is 0.860.